The standard InChI is InChI=1S/C19H24ClN3O2/c1-12-3-2-4-15(12)21-18(24)13-7-9-23(10-8-13)19-22-16-11-14(20)5-6-17(16)25-19/h5-6,11-13,15H,2-4,7-10H2,1H3,(H,21,24)/t12-,15-/m0/s1. The van der Waals surface area contributed by atoms with Gasteiger partial charge in [-0.2, -0.15) is 4.98 Å². The van der Waals surface area contributed by atoms with Crippen LogP contribution in [0.3, 0.4) is 0 Å². The van der Waals surface area contributed by atoms with Crippen molar-refractivity contribution < 1.29 is 9.21 Å². The first-order chi connectivity index (χ1) is 12.1. The van der Waals surface area contributed by atoms with Crippen molar-refractivity contribution >= 4 is 34.6 Å². The van der Waals surface area contributed by atoms with Gasteiger partial charge in [0.25, 0.3) is 6.01 Å². The molecule has 1 aromatic heterocycles. The van der Waals surface area contributed by atoms with Crippen molar-refractivity contribution in [1.29, 1.82) is 0 Å². The summed E-state index contributed by atoms with van der Waals surface area (Å²) in [5.41, 5.74) is 1.52. The van der Waals surface area contributed by atoms with E-state index in [-0.39, 0.29) is 11.8 Å². The van der Waals surface area contributed by atoms with Gasteiger partial charge in [-0.05, 0) is 49.8 Å². The third kappa shape index (κ3) is 3.47. The highest BCUT2D eigenvalue weighted by molar-refractivity contribution is 6.31. The van der Waals surface area contributed by atoms with Gasteiger partial charge in [0.05, 0.1) is 0 Å². The number of halogens is 1. The monoisotopic (exact) mass is 361 g/mol. The zero-order chi connectivity index (χ0) is 17.4. The van der Waals surface area contributed by atoms with Gasteiger partial charge in [0.15, 0.2) is 5.58 Å². The molecular weight excluding hydrogens is 338 g/mol. The SMILES string of the molecule is C[C@H]1CCC[C@@H]1NC(=O)C1CCN(c2nc3cc(Cl)ccc3o2)CC1. The van der Waals surface area contributed by atoms with Gasteiger partial charge < -0.3 is 14.6 Å². The highest BCUT2D eigenvalue weighted by Gasteiger charge is 2.31. The first kappa shape index (κ1) is 16.7. The number of rotatable bonds is 3. The zero-order valence-corrected chi connectivity index (χ0v) is 15.3. The number of anilines is 1. The molecule has 2 fully saturated rings. The average Bonchev–Trinajstić information content (AvgIpc) is 3.21. The number of hydrogen-bond acceptors (Lipinski definition) is 4. The van der Waals surface area contributed by atoms with Gasteiger partial charge in [-0.3, -0.25) is 4.79 Å². The normalized spacial score (nSPS) is 24.8. The second-order valence-electron chi connectivity index (χ2n) is 7.39. The first-order valence-electron chi connectivity index (χ1n) is 9.21. The van der Waals surface area contributed by atoms with Crippen molar-refractivity contribution in [2.24, 2.45) is 11.8 Å². The molecule has 2 aliphatic rings. The van der Waals surface area contributed by atoms with Crippen LogP contribution in [-0.4, -0.2) is 30.0 Å². The number of nitrogens with one attached hydrogen (secondary N) is 1. The molecule has 0 unspecified atom stereocenters. The summed E-state index contributed by atoms with van der Waals surface area (Å²) >= 11 is 6.01. The van der Waals surface area contributed by atoms with Gasteiger partial charge in [-0.1, -0.05) is 24.9 Å². The maximum atomic E-state index is 12.5. The van der Waals surface area contributed by atoms with Crippen molar-refractivity contribution in [3.8, 4) is 0 Å². The minimum atomic E-state index is 0.0999. The van der Waals surface area contributed by atoms with Crippen LogP contribution in [0.1, 0.15) is 39.0 Å². The van der Waals surface area contributed by atoms with Crippen LogP contribution < -0.4 is 10.2 Å². The van der Waals surface area contributed by atoms with Gasteiger partial charge >= 0.3 is 0 Å². The van der Waals surface area contributed by atoms with Crippen molar-refractivity contribution in [2.45, 2.75) is 45.1 Å². The second-order valence-corrected chi connectivity index (χ2v) is 7.83. The molecule has 1 aliphatic heterocycles. The van der Waals surface area contributed by atoms with E-state index in [4.69, 9.17) is 16.0 Å². The van der Waals surface area contributed by atoms with Gasteiger partial charge in [0.2, 0.25) is 5.91 Å². The molecule has 0 bridgehead atoms. The first-order valence-corrected chi connectivity index (χ1v) is 9.59. The number of fused-ring (bicyclic) bond motifs is 1. The summed E-state index contributed by atoms with van der Waals surface area (Å²) in [6.07, 6.45) is 5.26. The van der Waals surface area contributed by atoms with Crippen molar-refractivity contribution in [1.82, 2.24) is 10.3 Å². The lowest BCUT2D eigenvalue weighted by atomic mass is 9.95. The molecule has 5 nitrogen and oxygen atoms in total. The van der Waals surface area contributed by atoms with E-state index in [1.54, 1.807) is 6.07 Å². The van der Waals surface area contributed by atoms with Gasteiger partial charge in [-0.15, -0.1) is 0 Å². The molecule has 4 rings (SSSR count). The van der Waals surface area contributed by atoms with E-state index in [0.29, 0.717) is 23.0 Å². The molecule has 2 atom stereocenters. The fourth-order valence-electron chi connectivity index (χ4n) is 4.02. The summed E-state index contributed by atoms with van der Waals surface area (Å²) in [4.78, 5) is 19.2. The van der Waals surface area contributed by atoms with Crippen LogP contribution >= 0.6 is 11.6 Å². The minimum absolute atomic E-state index is 0.0999. The largest absolute Gasteiger partial charge is 0.423 e. The molecule has 134 valence electrons. The van der Waals surface area contributed by atoms with Crippen LogP contribution in [-0.2, 0) is 4.79 Å². The average molecular weight is 362 g/mol. The van der Waals surface area contributed by atoms with E-state index in [9.17, 15) is 4.79 Å². The number of aromatic nitrogens is 1. The minimum Gasteiger partial charge on any atom is -0.423 e. The molecular formula is C19H24ClN3O2. The van der Waals surface area contributed by atoms with E-state index < -0.39 is 0 Å². The molecule has 2 heterocycles. The van der Waals surface area contributed by atoms with E-state index in [1.165, 1.54) is 12.8 Å². The Morgan fingerprint density at radius 1 is 1.28 bits per heavy atom. The number of carbonyl (C=O) groups excluding carboxylic acids is 1. The summed E-state index contributed by atoms with van der Waals surface area (Å²) in [6, 6.07) is 6.46. The molecule has 1 amide bonds. The van der Waals surface area contributed by atoms with E-state index in [2.05, 4.69) is 22.1 Å². The molecule has 1 saturated heterocycles. The number of nitrogens with zero attached hydrogens (tertiary/aromatic N) is 2. The van der Waals surface area contributed by atoms with Crippen LogP contribution in [0.2, 0.25) is 5.02 Å². The number of amides is 1. The maximum Gasteiger partial charge on any atom is 0.298 e. The number of carbonyl (C=O) groups is 1. The molecule has 0 radical (unpaired) electrons. The molecule has 6 heteroatoms. The smallest absolute Gasteiger partial charge is 0.298 e. The summed E-state index contributed by atoms with van der Waals surface area (Å²) in [7, 11) is 0. The summed E-state index contributed by atoms with van der Waals surface area (Å²) in [5.74, 6) is 0.932. The lowest BCUT2D eigenvalue weighted by molar-refractivity contribution is -0.126. The third-order valence-electron chi connectivity index (χ3n) is 5.66. The molecule has 1 aliphatic carbocycles. The van der Waals surface area contributed by atoms with Crippen molar-refractivity contribution in [3.63, 3.8) is 0 Å². The molecule has 1 N–H and O–H groups in total. The van der Waals surface area contributed by atoms with Crippen LogP contribution in [0.4, 0.5) is 6.01 Å². The molecule has 1 aromatic carbocycles. The Morgan fingerprint density at radius 3 is 2.80 bits per heavy atom. The number of benzene rings is 1. The summed E-state index contributed by atoms with van der Waals surface area (Å²) in [5, 5.41) is 3.93. The highest BCUT2D eigenvalue weighted by Crippen LogP contribution is 2.29. The maximum absolute atomic E-state index is 12.5. The highest BCUT2D eigenvalue weighted by atomic mass is 35.5. The lowest BCUT2D eigenvalue weighted by Gasteiger charge is -2.31. The fourth-order valence-corrected chi connectivity index (χ4v) is 4.18. The Hall–Kier alpha value is -1.75. The van der Waals surface area contributed by atoms with Gasteiger partial charge in [0.1, 0.15) is 5.52 Å². The topological polar surface area (TPSA) is 58.4 Å². The zero-order valence-electron chi connectivity index (χ0n) is 14.5. The Bertz CT molecular complexity index is 767. The molecule has 1 saturated carbocycles. The summed E-state index contributed by atoms with van der Waals surface area (Å²) < 4.78 is 5.84. The van der Waals surface area contributed by atoms with Crippen molar-refractivity contribution in [3.05, 3.63) is 23.2 Å². The van der Waals surface area contributed by atoms with E-state index in [0.717, 1.165) is 43.5 Å². The Kier molecular flexibility index (Phi) is 4.59. The molecule has 0 spiro atoms. The summed E-state index contributed by atoms with van der Waals surface area (Å²) in [6.45, 7) is 3.82. The fraction of sp³-hybridized carbons (Fsp3) is 0.579. The van der Waals surface area contributed by atoms with E-state index >= 15 is 0 Å². The number of hydrogen-bond donors (Lipinski definition) is 1. The lowest BCUT2D eigenvalue weighted by Crippen LogP contribution is -2.44. The molecule has 2 aromatic rings. The van der Waals surface area contributed by atoms with Crippen LogP contribution in [0.5, 0.6) is 0 Å². The Labute approximate surface area is 152 Å². The number of oxazole rings is 1. The Morgan fingerprint density at radius 2 is 2.08 bits per heavy atom. The Balaban J connectivity index is 1.36. The second kappa shape index (κ2) is 6.87. The van der Waals surface area contributed by atoms with Crippen molar-refractivity contribution in [2.75, 3.05) is 18.0 Å². The van der Waals surface area contributed by atoms with Crippen LogP contribution in [0.15, 0.2) is 22.6 Å². The van der Waals surface area contributed by atoms with E-state index in [1.807, 2.05) is 12.1 Å². The molecule has 25 heavy (non-hydrogen) atoms. The van der Waals surface area contributed by atoms with Crippen LogP contribution in [0, 0.1) is 11.8 Å². The third-order valence-corrected chi connectivity index (χ3v) is 5.90. The van der Waals surface area contributed by atoms with Gasteiger partial charge in [0, 0.05) is 30.1 Å². The quantitative estimate of drug-likeness (QED) is 0.897. The predicted octanol–water partition coefficient (Wildman–Crippen LogP) is 4.00. The number of piperidine rings is 1. The van der Waals surface area contributed by atoms with Crippen LogP contribution in [0.25, 0.3) is 11.1 Å². The predicted molar refractivity (Wildman–Crippen MR) is 98.9 cm³/mol. The van der Waals surface area contributed by atoms with Gasteiger partial charge in [-0.25, -0.2) is 0 Å².